The molecule has 9 unspecified atom stereocenters. The molecular weight excluding hydrogens is 360 g/mol. The summed E-state index contributed by atoms with van der Waals surface area (Å²) in [5.74, 6) is 9.92. The maximum Gasteiger partial charge on any atom is -0.0261 e. The fourth-order valence-corrected chi connectivity index (χ4v) is 9.59. The summed E-state index contributed by atoms with van der Waals surface area (Å²) in [4.78, 5) is 0. The Morgan fingerprint density at radius 1 is 0.400 bits per heavy atom. The molecule has 178 valence electrons. The first kappa shape index (κ1) is 26.3. The molecule has 0 radical (unpaired) electrons. The second-order valence-corrected chi connectivity index (χ2v) is 13.5. The van der Waals surface area contributed by atoms with E-state index in [0.717, 1.165) is 71.0 Å². The van der Waals surface area contributed by atoms with E-state index in [9.17, 15) is 0 Å². The molecule has 0 spiro atoms. The Kier molecular flexibility index (Phi) is 7.96. The topological polar surface area (TPSA) is 0 Å². The SMILES string of the molecule is CCC(C)(C)C1C(C)C(C)C(C(C)(CC)C2C(C)C(C)C(C)C(C)C2C)C(C)C1C. The van der Waals surface area contributed by atoms with Gasteiger partial charge in [-0.25, -0.2) is 0 Å². The Morgan fingerprint density at radius 3 is 0.967 bits per heavy atom. The molecule has 2 rings (SSSR count). The summed E-state index contributed by atoms with van der Waals surface area (Å²) in [7, 11) is 0. The third kappa shape index (κ3) is 3.94. The Balaban J connectivity index is 2.51. The van der Waals surface area contributed by atoms with Gasteiger partial charge in [0.2, 0.25) is 0 Å². The number of rotatable bonds is 5. The van der Waals surface area contributed by atoms with Gasteiger partial charge < -0.3 is 0 Å². The van der Waals surface area contributed by atoms with Crippen molar-refractivity contribution in [2.24, 2.45) is 81.8 Å². The first-order chi connectivity index (χ1) is 13.7. The fourth-order valence-electron chi connectivity index (χ4n) is 9.59. The van der Waals surface area contributed by atoms with Crippen molar-refractivity contribution in [2.45, 2.75) is 110 Å². The molecule has 0 saturated heterocycles. The van der Waals surface area contributed by atoms with Gasteiger partial charge in [-0.2, -0.15) is 0 Å². The Bertz CT molecular complexity index is 528. The van der Waals surface area contributed by atoms with E-state index in [2.05, 4.69) is 96.9 Å². The molecule has 0 aliphatic heterocycles. The van der Waals surface area contributed by atoms with Crippen LogP contribution in [-0.2, 0) is 0 Å². The molecule has 0 N–H and O–H groups in total. The van der Waals surface area contributed by atoms with E-state index >= 15 is 0 Å². The van der Waals surface area contributed by atoms with Crippen molar-refractivity contribution in [3.63, 3.8) is 0 Å². The van der Waals surface area contributed by atoms with Crippen LogP contribution in [0, 0.1) is 81.8 Å². The molecule has 0 amide bonds. The molecule has 0 aromatic rings. The van der Waals surface area contributed by atoms with E-state index in [1.54, 1.807) is 0 Å². The Hall–Kier alpha value is 0. The van der Waals surface area contributed by atoms with Crippen LogP contribution in [0.5, 0.6) is 0 Å². The van der Waals surface area contributed by atoms with Gasteiger partial charge in [-0.1, -0.05) is 110 Å². The highest BCUT2D eigenvalue weighted by Gasteiger charge is 2.58. The predicted octanol–water partition coefficient (Wildman–Crippen LogP) is 9.44. The molecule has 0 nitrogen and oxygen atoms in total. The molecule has 0 heteroatoms. The molecule has 2 saturated carbocycles. The maximum absolute atomic E-state index is 2.72. The zero-order valence-corrected chi connectivity index (χ0v) is 23.3. The van der Waals surface area contributed by atoms with Gasteiger partial charge in [0, 0.05) is 0 Å². The lowest BCUT2D eigenvalue weighted by molar-refractivity contribution is -0.149. The Morgan fingerprint density at radius 2 is 0.667 bits per heavy atom. The van der Waals surface area contributed by atoms with Gasteiger partial charge in [0.05, 0.1) is 0 Å². The first-order valence-corrected chi connectivity index (χ1v) is 13.7. The third-order valence-electron chi connectivity index (χ3n) is 12.5. The van der Waals surface area contributed by atoms with Crippen molar-refractivity contribution in [1.29, 1.82) is 0 Å². The maximum atomic E-state index is 2.72. The molecule has 9 atom stereocenters. The first-order valence-electron chi connectivity index (χ1n) is 13.7. The average molecular weight is 419 g/mol. The molecule has 0 bridgehead atoms. The van der Waals surface area contributed by atoms with Crippen LogP contribution >= 0.6 is 0 Å². The second kappa shape index (κ2) is 9.09. The van der Waals surface area contributed by atoms with E-state index in [0.29, 0.717) is 10.8 Å². The Labute approximate surface area is 191 Å². The number of hydrogen-bond donors (Lipinski definition) is 0. The van der Waals surface area contributed by atoms with E-state index < -0.39 is 0 Å². The summed E-state index contributed by atoms with van der Waals surface area (Å²) in [6.07, 6.45) is 2.63. The summed E-state index contributed by atoms with van der Waals surface area (Å²) in [6, 6.07) is 0. The summed E-state index contributed by atoms with van der Waals surface area (Å²) in [6.45, 7) is 36.1. The average Bonchev–Trinajstić information content (AvgIpc) is 2.69. The van der Waals surface area contributed by atoms with Crippen molar-refractivity contribution in [3.8, 4) is 0 Å². The van der Waals surface area contributed by atoms with Gasteiger partial charge in [0.15, 0.2) is 0 Å². The normalized spacial score (nSPS) is 50.2. The highest BCUT2D eigenvalue weighted by molar-refractivity contribution is 5.05. The van der Waals surface area contributed by atoms with Crippen molar-refractivity contribution >= 4 is 0 Å². The van der Waals surface area contributed by atoms with Gasteiger partial charge in [0.1, 0.15) is 0 Å². The zero-order valence-electron chi connectivity index (χ0n) is 23.3. The van der Waals surface area contributed by atoms with E-state index in [-0.39, 0.29) is 0 Å². The highest BCUT2D eigenvalue weighted by atomic mass is 14.6. The zero-order chi connectivity index (χ0) is 23.3. The summed E-state index contributed by atoms with van der Waals surface area (Å²) in [5.41, 5.74) is 0.878. The van der Waals surface area contributed by atoms with Crippen LogP contribution in [0.3, 0.4) is 0 Å². The van der Waals surface area contributed by atoms with Crippen molar-refractivity contribution in [2.75, 3.05) is 0 Å². The van der Waals surface area contributed by atoms with E-state index in [1.807, 2.05) is 0 Å². The van der Waals surface area contributed by atoms with E-state index in [1.165, 1.54) is 12.8 Å². The van der Waals surface area contributed by atoms with Crippen molar-refractivity contribution < 1.29 is 0 Å². The summed E-state index contributed by atoms with van der Waals surface area (Å²) >= 11 is 0. The van der Waals surface area contributed by atoms with Gasteiger partial charge in [-0.15, -0.1) is 0 Å². The smallest absolute Gasteiger partial charge is 0.0261 e. The molecular formula is C30H58. The minimum Gasteiger partial charge on any atom is -0.0649 e. The van der Waals surface area contributed by atoms with Crippen LogP contribution in [0.25, 0.3) is 0 Å². The van der Waals surface area contributed by atoms with Crippen LogP contribution in [-0.4, -0.2) is 0 Å². The largest absolute Gasteiger partial charge is 0.0649 e. The molecule has 2 aliphatic carbocycles. The van der Waals surface area contributed by atoms with Gasteiger partial charge in [-0.3, -0.25) is 0 Å². The minimum atomic E-state index is 0.435. The van der Waals surface area contributed by atoms with Crippen LogP contribution in [0.4, 0.5) is 0 Å². The fraction of sp³-hybridized carbons (Fsp3) is 1.00. The van der Waals surface area contributed by atoms with Crippen molar-refractivity contribution in [3.05, 3.63) is 0 Å². The van der Waals surface area contributed by atoms with E-state index in [4.69, 9.17) is 0 Å². The molecule has 2 fully saturated rings. The summed E-state index contributed by atoms with van der Waals surface area (Å²) in [5, 5.41) is 0. The lowest BCUT2D eigenvalue weighted by Gasteiger charge is -2.63. The van der Waals surface area contributed by atoms with Gasteiger partial charge >= 0.3 is 0 Å². The molecule has 0 aromatic carbocycles. The monoisotopic (exact) mass is 418 g/mol. The van der Waals surface area contributed by atoms with Crippen LogP contribution in [0.2, 0.25) is 0 Å². The van der Waals surface area contributed by atoms with Crippen LogP contribution in [0.15, 0.2) is 0 Å². The number of hydrogen-bond acceptors (Lipinski definition) is 0. The van der Waals surface area contributed by atoms with Crippen LogP contribution in [0.1, 0.15) is 110 Å². The lowest BCUT2D eigenvalue weighted by atomic mass is 9.42. The second-order valence-electron chi connectivity index (χ2n) is 13.5. The predicted molar refractivity (Wildman–Crippen MR) is 135 cm³/mol. The lowest BCUT2D eigenvalue weighted by Crippen LogP contribution is -2.57. The molecule has 0 heterocycles. The van der Waals surface area contributed by atoms with Crippen LogP contribution < -0.4 is 0 Å². The quantitative estimate of drug-likeness (QED) is 0.417. The third-order valence-corrected chi connectivity index (χ3v) is 12.5. The standard InChI is InChI=1S/C30H58/c1-15-29(12,13)26-22(8)24(10)28(25(11)23(26)9)30(14,16-2)27-20(6)18(4)17(3)19(5)21(27)7/h17-28H,15-16H2,1-14H3. The van der Waals surface area contributed by atoms with Gasteiger partial charge in [-0.05, 0) is 81.8 Å². The summed E-state index contributed by atoms with van der Waals surface area (Å²) < 4.78 is 0. The molecule has 30 heavy (non-hydrogen) atoms. The van der Waals surface area contributed by atoms with Gasteiger partial charge in [0.25, 0.3) is 0 Å². The van der Waals surface area contributed by atoms with Crippen molar-refractivity contribution in [1.82, 2.24) is 0 Å². The minimum absolute atomic E-state index is 0.435. The highest BCUT2D eigenvalue weighted by Crippen LogP contribution is 2.63. The molecule has 2 aliphatic rings. The molecule has 0 aromatic heterocycles.